The normalized spacial score (nSPS) is 25.8. The van der Waals surface area contributed by atoms with Crippen molar-refractivity contribution in [3.05, 3.63) is 59.3 Å². The summed E-state index contributed by atoms with van der Waals surface area (Å²) in [6.07, 6.45) is 7.03. The van der Waals surface area contributed by atoms with Crippen molar-refractivity contribution in [3.63, 3.8) is 0 Å². The van der Waals surface area contributed by atoms with E-state index in [1.54, 1.807) is 29.0 Å². The maximum Gasteiger partial charge on any atom is 0.318 e. The number of hydrogen-bond acceptors (Lipinski definition) is 4. The molecule has 0 unspecified atom stereocenters. The molecule has 0 atom stereocenters. The molecule has 3 amide bonds. The Bertz CT molecular complexity index is 1060. The van der Waals surface area contributed by atoms with Crippen molar-refractivity contribution >= 4 is 11.9 Å². The van der Waals surface area contributed by atoms with E-state index in [0.29, 0.717) is 36.7 Å². The molecular formula is C29H38FN3O4. The predicted molar refractivity (Wildman–Crippen MR) is 137 cm³/mol. The summed E-state index contributed by atoms with van der Waals surface area (Å²) in [4.78, 5) is 30.4. The Hall–Kier alpha value is -2.87. The minimum Gasteiger partial charge on any atom is -0.464 e. The standard InChI is InChI=1S/C29H38FN3O4/c1-20-3-8-26(37-20)18-33(17-21-4-6-25(30)7-5-21)27(34)19-32(9-10-36-2)28(35)31-29-14-22-11-23(15-29)13-24(12-22)16-29/h3-8,22-24H,9-19H2,1-2H3,(H,31,35). The van der Waals surface area contributed by atoms with Crippen molar-refractivity contribution in [2.75, 3.05) is 26.8 Å². The second-order valence-corrected chi connectivity index (χ2v) is 11.4. The second-order valence-electron chi connectivity index (χ2n) is 11.4. The third-order valence-electron chi connectivity index (χ3n) is 8.37. The third kappa shape index (κ3) is 6.17. The zero-order valence-electron chi connectivity index (χ0n) is 21.9. The molecule has 1 aromatic carbocycles. The van der Waals surface area contributed by atoms with Crippen molar-refractivity contribution < 1.29 is 23.1 Å². The van der Waals surface area contributed by atoms with Gasteiger partial charge in [-0.1, -0.05) is 12.1 Å². The van der Waals surface area contributed by atoms with Crippen LogP contribution in [-0.4, -0.2) is 54.1 Å². The van der Waals surface area contributed by atoms with Crippen LogP contribution in [0.2, 0.25) is 0 Å². The average molecular weight is 512 g/mol. The molecule has 2 aromatic rings. The maximum atomic E-state index is 13.6. The molecule has 200 valence electrons. The molecule has 8 heteroatoms. The van der Waals surface area contributed by atoms with Crippen LogP contribution in [0.15, 0.2) is 40.8 Å². The van der Waals surface area contributed by atoms with Gasteiger partial charge in [0.15, 0.2) is 0 Å². The summed E-state index contributed by atoms with van der Waals surface area (Å²) in [5, 5.41) is 3.39. The van der Waals surface area contributed by atoms with Crippen molar-refractivity contribution in [2.24, 2.45) is 17.8 Å². The fourth-order valence-electron chi connectivity index (χ4n) is 7.09. The van der Waals surface area contributed by atoms with Gasteiger partial charge in [0, 0.05) is 25.7 Å². The number of hydrogen-bond donors (Lipinski definition) is 1. The van der Waals surface area contributed by atoms with Crippen LogP contribution in [0.3, 0.4) is 0 Å². The summed E-state index contributed by atoms with van der Waals surface area (Å²) in [6, 6.07) is 9.64. The second kappa shape index (κ2) is 10.9. The Kier molecular flexibility index (Phi) is 7.56. The summed E-state index contributed by atoms with van der Waals surface area (Å²) in [7, 11) is 1.59. The minimum atomic E-state index is -0.324. The fraction of sp³-hybridized carbons (Fsp3) is 0.586. The van der Waals surface area contributed by atoms with E-state index in [1.165, 1.54) is 31.4 Å². The van der Waals surface area contributed by atoms with Crippen LogP contribution in [0.5, 0.6) is 0 Å². The van der Waals surface area contributed by atoms with E-state index in [1.807, 2.05) is 19.1 Å². The van der Waals surface area contributed by atoms with E-state index < -0.39 is 0 Å². The predicted octanol–water partition coefficient (Wildman–Crippen LogP) is 4.88. The van der Waals surface area contributed by atoms with Gasteiger partial charge in [-0.05, 0) is 93.0 Å². The molecule has 1 aromatic heterocycles. The monoisotopic (exact) mass is 511 g/mol. The van der Waals surface area contributed by atoms with E-state index in [4.69, 9.17) is 9.15 Å². The van der Waals surface area contributed by atoms with Gasteiger partial charge in [-0.3, -0.25) is 4.79 Å². The number of nitrogens with one attached hydrogen (secondary N) is 1. The summed E-state index contributed by atoms with van der Waals surface area (Å²) < 4.78 is 24.5. The minimum absolute atomic E-state index is 0.0670. The highest BCUT2D eigenvalue weighted by molar-refractivity contribution is 5.84. The van der Waals surface area contributed by atoms with Crippen molar-refractivity contribution in [2.45, 2.75) is 64.1 Å². The number of rotatable bonds is 10. The molecule has 4 aliphatic carbocycles. The number of furan rings is 1. The lowest BCUT2D eigenvalue weighted by atomic mass is 9.53. The highest BCUT2D eigenvalue weighted by atomic mass is 19.1. The Balaban J connectivity index is 1.30. The number of carbonyl (C=O) groups excluding carboxylic acids is 2. The SMILES string of the molecule is COCCN(CC(=O)N(Cc1ccc(F)cc1)Cc1ccc(C)o1)C(=O)NC12CC3CC(CC(C3)C1)C2. The van der Waals surface area contributed by atoms with Crippen LogP contribution in [0.25, 0.3) is 0 Å². The average Bonchev–Trinajstić information content (AvgIpc) is 3.25. The zero-order valence-corrected chi connectivity index (χ0v) is 21.9. The van der Waals surface area contributed by atoms with Crippen LogP contribution < -0.4 is 5.32 Å². The van der Waals surface area contributed by atoms with Gasteiger partial charge >= 0.3 is 6.03 Å². The van der Waals surface area contributed by atoms with Gasteiger partial charge < -0.3 is 24.3 Å². The maximum absolute atomic E-state index is 13.6. The lowest BCUT2D eigenvalue weighted by molar-refractivity contribution is -0.133. The van der Waals surface area contributed by atoms with E-state index in [0.717, 1.165) is 30.6 Å². The molecule has 1 N–H and O–H groups in total. The molecule has 6 rings (SSSR count). The van der Waals surface area contributed by atoms with Gasteiger partial charge in [-0.2, -0.15) is 0 Å². The number of amides is 3. The van der Waals surface area contributed by atoms with E-state index >= 15 is 0 Å². The van der Waals surface area contributed by atoms with Crippen LogP contribution in [-0.2, 0) is 22.6 Å². The van der Waals surface area contributed by atoms with E-state index in [9.17, 15) is 14.0 Å². The number of nitrogens with zero attached hydrogens (tertiary/aromatic N) is 2. The first-order valence-electron chi connectivity index (χ1n) is 13.4. The van der Waals surface area contributed by atoms with Gasteiger partial charge in [0.1, 0.15) is 23.9 Å². The van der Waals surface area contributed by atoms with Gasteiger partial charge in [0.25, 0.3) is 0 Å². The van der Waals surface area contributed by atoms with Gasteiger partial charge in [-0.25, -0.2) is 9.18 Å². The summed E-state index contributed by atoms with van der Waals surface area (Å²) in [5.41, 5.74) is 0.666. The molecule has 37 heavy (non-hydrogen) atoms. The summed E-state index contributed by atoms with van der Waals surface area (Å²) in [6.45, 7) is 3.01. The third-order valence-corrected chi connectivity index (χ3v) is 8.37. The first-order valence-corrected chi connectivity index (χ1v) is 13.4. The van der Waals surface area contributed by atoms with E-state index in [2.05, 4.69) is 5.32 Å². The lowest BCUT2D eigenvalue weighted by Crippen LogP contribution is -2.62. The van der Waals surface area contributed by atoms with Gasteiger partial charge in [0.2, 0.25) is 5.91 Å². The fourth-order valence-corrected chi connectivity index (χ4v) is 7.09. The highest BCUT2D eigenvalue weighted by Gasteiger charge is 2.51. The van der Waals surface area contributed by atoms with Crippen LogP contribution in [0.1, 0.15) is 55.6 Å². The molecule has 1 heterocycles. The Morgan fingerprint density at radius 1 is 1.00 bits per heavy atom. The number of benzene rings is 1. The highest BCUT2D eigenvalue weighted by Crippen LogP contribution is 2.55. The molecule has 4 aliphatic rings. The smallest absolute Gasteiger partial charge is 0.318 e. The molecule has 0 radical (unpaired) electrons. The summed E-state index contributed by atoms with van der Waals surface area (Å²) >= 11 is 0. The Morgan fingerprint density at radius 2 is 1.65 bits per heavy atom. The van der Waals surface area contributed by atoms with Gasteiger partial charge in [-0.15, -0.1) is 0 Å². The molecule has 0 saturated heterocycles. The first kappa shape index (κ1) is 25.8. The van der Waals surface area contributed by atoms with Crippen LogP contribution >= 0.6 is 0 Å². The number of halogens is 1. The van der Waals surface area contributed by atoms with E-state index in [-0.39, 0.29) is 42.9 Å². The van der Waals surface area contributed by atoms with Crippen molar-refractivity contribution in [1.29, 1.82) is 0 Å². The molecule has 0 aliphatic heterocycles. The lowest BCUT2D eigenvalue weighted by Gasteiger charge is -2.57. The molecule has 4 saturated carbocycles. The molecular weight excluding hydrogens is 473 g/mol. The zero-order chi connectivity index (χ0) is 26.0. The van der Waals surface area contributed by atoms with Crippen molar-refractivity contribution in [1.82, 2.24) is 15.1 Å². The molecule has 4 bridgehead atoms. The largest absolute Gasteiger partial charge is 0.464 e. The van der Waals surface area contributed by atoms with Crippen LogP contribution in [0, 0.1) is 30.5 Å². The first-order chi connectivity index (χ1) is 17.8. The Morgan fingerprint density at radius 3 is 2.22 bits per heavy atom. The topological polar surface area (TPSA) is 75.0 Å². The van der Waals surface area contributed by atoms with Gasteiger partial charge in [0.05, 0.1) is 13.2 Å². The summed E-state index contributed by atoms with van der Waals surface area (Å²) in [5.74, 6) is 3.04. The number of aryl methyl sites for hydroxylation is 1. The number of ether oxygens (including phenoxy) is 1. The quantitative estimate of drug-likeness (QED) is 0.493. The molecule has 0 spiro atoms. The Labute approximate surface area is 218 Å². The van der Waals surface area contributed by atoms with Crippen LogP contribution in [0.4, 0.5) is 9.18 Å². The molecule has 4 fully saturated rings. The number of carbonyl (C=O) groups is 2. The molecule has 7 nitrogen and oxygen atoms in total. The van der Waals surface area contributed by atoms with Crippen molar-refractivity contribution in [3.8, 4) is 0 Å². The number of urea groups is 1. The number of methoxy groups -OCH3 is 1.